The van der Waals surface area contributed by atoms with Crippen LogP contribution in [0.25, 0.3) is 0 Å². The number of pyridine rings is 1. The van der Waals surface area contributed by atoms with Crippen LogP contribution in [-0.4, -0.2) is 4.98 Å². The molecule has 1 aromatic carbocycles. The predicted octanol–water partition coefficient (Wildman–Crippen LogP) is 4.37. The van der Waals surface area contributed by atoms with Gasteiger partial charge < -0.3 is 4.74 Å². The van der Waals surface area contributed by atoms with Crippen LogP contribution in [0.15, 0.2) is 30.5 Å². The Labute approximate surface area is 110 Å². The molecule has 0 aliphatic rings. The number of ether oxygens (including phenoxy) is 1. The van der Waals surface area contributed by atoms with Crippen molar-refractivity contribution in [3.63, 3.8) is 0 Å². The van der Waals surface area contributed by atoms with Crippen LogP contribution in [0.3, 0.4) is 0 Å². The van der Waals surface area contributed by atoms with Gasteiger partial charge in [-0.05, 0) is 37.1 Å². The van der Waals surface area contributed by atoms with Gasteiger partial charge in [-0.2, -0.15) is 0 Å². The van der Waals surface area contributed by atoms with Crippen LogP contribution in [0.1, 0.15) is 16.7 Å². The number of halogens is 2. The average Bonchev–Trinajstić information content (AvgIpc) is 2.37. The first-order valence-corrected chi connectivity index (χ1v) is 6.09. The first-order valence-electron chi connectivity index (χ1n) is 5.56. The topological polar surface area (TPSA) is 22.1 Å². The number of rotatable bonds is 3. The van der Waals surface area contributed by atoms with Crippen molar-refractivity contribution in [2.45, 2.75) is 19.7 Å². The molecule has 0 saturated carbocycles. The normalized spacial score (nSPS) is 10.4. The fourth-order valence-corrected chi connectivity index (χ4v) is 1.75. The molecule has 0 fully saturated rings. The highest BCUT2D eigenvalue weighted by Gasteiger charge is 2.09. The lowest BCUT2D eigenvalue weighted by molar-refractivity contribution is 0.422. The summed E-state index contributed by atoms with van der Waals surface area (Å²) in [6.45, 7) is 3.55. The first-order chi connectivity index (χ1) is 8.61. The van der Waals surface area contributed by atoms with E-state index < -0.39 is 0 Å². The molecule has 18 heavy (non-hydrogen) atoms. The molecule has 2 aromatic rings. The van der Waals surface area contributed by atoms with Gasteiger partial charge in [0.1, 0.15) is 0 Å². The number of alkyl halides is 1. The van der Waals surface area contributed by atoms with Crippen molar-refractivity contribution >= 4 is 11.6 Å². The first kappa shape index (κ1) is 12.8. The minimum absolute atomic E-state index is 0.184. The minimum atomic E-state index is -0.361. The summed E-state index contributed by atoms with van der Waals surface area (Å²) < 4.78 is 19.3. The van der Waals surface area contributed by atoms with Gasteiger partial charge in [0.2, 0.25) is 5.88 Å². The van der Waals surface area contributed by atoms with Crippen molar-refractivity contribution in [2.24, 2.45) is 0 Å². The zero-order valence-corrected chi connectivity index (χ0v) is 11.0. The number of aromatic nitrogens is 1. The minimum Gasteiger partial charge on any atom is -0.436 e. The molecule has 1 heterocycles. The lowest BCUT2D eigenvalue weighted by Crippen LogP contribution is -1.96. The zero-order chi connectivity index (χ0) is 13.1. The standard InChI is InChI=1S/C14H13ClFNO/c1-9-4-3-5-12(13(9)16)18-14-10(2)6-11(7-15)8-17-14/h3-6,8H,7H2,1-2H3. The van der Waals surface area contributed by atoms with Gasteiger partial charge in [0, 0.05) is 17.6 Å². The summed E-state index contributed by atoms with van der Waals surface area (Å²) in [7, 11) is 0. The Morgan fingerprint density at radius 2 is 2.06 bits per heavy atom. The van der Waals surface area contributed by atoms with Crippen LogP contribution in [0.5, 0.6) is 11.6 Å². The zero-order valence-electron chi connectivity index (χ0n) is 10.2. The molecular formula is C14H13ClFNO. The summed E-state index contributed by atoms with van der Waals surface area (Å²) >= 11 is 5.72. The van der Waals surface area contributed by atoms with Gasteiger partial charge in [-0.25, -0.2) is 9.37 Å². The molecule has 0 unspecified atom stereocenters. The van der Waals surface area contributed by atoms with E-state index in [0.29, 0.717) is 17.3 Å². The smallest absolute Gasteiger partial charge is 0.222 e. The largest absolute Gasteiger partial charge is 0.436 e. The molecule has 1 aromatic heterocycles. The Morgan fingerprint density at radius 1 is 1.28 bits per heavy atom. The fraction of sp³-hybridized carbons (Fsp3) is 0.214. The molecule has 0 saturated heterocycles. The molecule has 2 rings (SSSR count). The Bertz CT molecular complexity index is 572. The highest BCUT2D eigenvalue weighted by Crippen LogP contribution is 2.27. The fourth-order valence-electron chi connectivity index (χ4n) is 1.60. The van der Waals surface area contributed by atoms with Crippen LogP contribution in [-0.2, 0) is 5.88 Å². The SMILES string of the molecule is Cc1cc(CCl)cnc1Oc1cccc(C)c1F. The lowest BCUT2D eigenvalue weighted by Gasteiger charge is -2.10. The van der Waals surface area contributed by atoms with Crippen molar-refractivity contribution in [3.8, 4) is 11.6 Å². The molecule has 0 aliphatic carbocycles. The van der Waals surface area contributed by atoms with Crippen LogP contribution in [0.2, 0.25) is 0 Å². The lowest BCUT2D eigenvalue weighted by atomic mass is 10.2. The van der Waals surface area contributed by atoms with E-state index in [1.807, 2.05) is 13.0 Å². The second-order valence-electron chi connectivity index (χ2n) is 4.09. The summed E-state index contributed by atoms with van der Waals surface area (Å²) in [5.41, 5.74) is 2.28. The maximum Gasteiger partial charge on any atom is 0.222 e. The molecule has 2 nitrogen and oxygen atoms in total. The van der Waals surface area contributed by atoms with Gasteiger partial charge in [0.15, 0.2) is 11.6 Å². The Balaban J connectivity index is 2.31. The maximum atomic E-state index is 13.8. The Morgan fingerprint density at radius 3 is 2.72 bits per heavy atom. The molecule has 0 radical (unpaired) electrons. The van der Waals surface area contributed by atoms with E-state index in [4.69, 9.17) is 16.3 Å². The van der Waals surface area contributed by atoms with Gasteiger partial charge in [-0.1, -0.05) is 12.1 Å². The van der Waals surface area contributed by atoms with E-state index in [1.54, 1.807) is 31.3 Å². The van der Waals surface area contributed by atoms with Crippen molar-refractivity contribution < 1.29 is 9.13 Å². The van der Waals surface area contributed by atoms with Crippen LogP contribution in [0, 0.1) is 19.7 Å². The second kappa shape index (κ2) is 5.36. The number of nitrogens with zero attached hydrogens (tertiary/aromatic N) is 1. The average molecular weight is 266 g/mol. The molecule has 4 heteroatoms. The number of hydrogen-bond donors (Lipinski definition) is 0. The van der Waals surface area contributed by atoms with Gasteiger partial charge in [0.05, 0.1) is 0 Å². The molecule has 0 bridgehead atoms. The summed E-state index contributed by atoms with van der Waals surface area (Å²) in [6.07, 6.45) is 1.63. The van der Waals surface area contributed by atoms with E-state index in [1.165, 1.54) is 0 Å². The number of aryl methyl sites for hydroxylation is 2. The van der Waals surface area contributed by atoms with E-state index >= 15 is 0 Å². The summed E-state index contributed by atoms with van der Waals surface area (Å²) in [5, 5.41) is 0. The third-order valence-corrected chi connectivity index (χ3v) is 2.91. The van der Waals surface area contributed by atoms with Gasteiger partial charge >= 0.3 is 0 Å². The predicted molar refractivity (Wildman–Crippen MR) is 69.7 cm³/mol. The molecule has 0 amide bonds. The van der Waals surface area contributed by atoms with Gasteiger partial charge in [-0.15, -0.1) is 11.6 Å². The van der Waals surface area contributed by atoms with Crippen LogP contribution in [0.4, 0.5) is 4.39 Å². The quantitative estimate of drug-likeness (QED) is 0.769. The molecule has 0 atom stereocenters. The van der Waals surface area contributed by atoms with Crippen LogP contribution >= 0.6 is 11.6 Å². The number of hydrogen-bond acceptors (Lipinski definition) is 2. The van der Waals surface area contributed by atoms with Gasteiger partial charge in [-0.3, -0.25) is 0 Å². The third kappa shape index (κ3) is 2.62. The van der Waals surface area contributed by atoms with Crippen molar-refractivity contribution in [1.29, 1.82) is 0 Å². The monoisotopic (exact) mass is 265 g/mol. The molecular weight excluding hydrogens is 253 g/mol. The maximum absolute atomic E-state index is 13.8. The molecule has 0 aliphatic heterocycles. The van der Waals surface area contributed by atoms with Crippen molar-refractivity contribution in [2.75, 3.05) is 0 Å². The summed E-state index contributed by atoms with van der Waals surface area (Å²) in [4.78, 5) is 4.14. The van der Waals surface area contributed by atoms with Gasteiger partial charge in [0.25, 0.3) is 0 Å². The van der Waals surface area contributed by atoms with Crippen LogP contribution < -0.4 is 4.74 Å². The van der Waals surface area contributed by atoms with E-state index in [9.17, 15) is 4.39 Å². The van der Waals surface area contributed by atoms with E-state index in [2.05, 4.69) is 4.98 Å². The van der Waals surface area contributed by atoms with Crippen molar-refractivity contribution in [1.82, 2.24) is 4.98 Å². The third-order valence-electron chi connectivity index (χ3n) is 2.60. The Kier molecular flexibility index (Phi) is 3.82. The summed E-state index contributed by atoms with van der Waals surface area (Å²) in [5.74, 6) is 0.616. The molecule has 0 spiro atoms. The number of benzene rings is 1. The van der Waals surface area contributed by atoms with E-state index in [0.717, 1.165) is 11.1 Å². The Hall–Kier alpha value is -1.61. The summed E-state index contributed by atoms with van der Waals surface area (Å²) in [6, 6.07) is 6.90. The molecule has 94 valence electrons. The van der Waals surface area contributed by atoms with E-state index in [-0.39, 0.29) is 11.6 Å². The van der Waals surface area contributed by atoms with Crippen molar-refractivity contribution in [3.05, 3.63) is 53.0 Å². The molecule has 0 N–H and O–H groups in total. The highest BCUT2D eigenvalue weighted by atomic mass is 35.5. The second-order valence-corrected chi connectivity index (χ2v) is 4.36. The highest BCUT2D eigenvalue weighted by molar-refractivity contribution is 6.17.